The molecule has 0 atom stereocenters. The SMILES string of the molecule is CCSc1cc([N+](=O)[O-])ccc1-c1ncc[nH]1. The van der Waals surface area contributed by atoms with Crippen molar-refractivity contribution in [3.63, 3.8) is 0 Å². The van der Waals surface area contributed by atoms with Crippen LogP contribution in [0.1, 0.15) is 6.92 Å². The Morgan fingerprint density at radius 2 is 2.35 bits per heavy atom. The lowest BCUT2D eigenvalue weighted by Gasteiger charge is -2.05. The normalized spacial score (nSPS) is 10.4. The molecule has 2 rings (SSSR count). The zero-order chi connectivity index (χ0) is 12.3. The molecule has 6 heteroatoms. The van der Waals surface area contributed by atoms with Gasteiger partial charge in [-0.2, -0.15) is 0 Å². The number of aromatic amines is 1. The topological polar surface area (TPSA) is 71.8 Å². The van der Waals surface area contributed by atoms with Crippen molar-refractivity contribution in [1.82, 2.24) is 9.97 Å². The van der Waals surface area contributed by atoms with E-state index in [9.17, 15) is 10.1 Å². The lowest BCUT2D eigenvalue weighted by molar-refractivity contribution is -0.385. The van der Waals surface area contributed by atoms with E-state index in [1.54, 1.807) is 36.3 Å². The third-order valence-electron chi connectivity index (χ3n) is 2.23. The highest BCUT2D eigenvalue weighted by atomic mass is 32.2. The fraction of sp³-hybridized carbons (Fsp3) is 0.182. The van der Waals surface area contributed by atoms with Crippen LogP contribution in [0.2, 0.25) is 0 Å². The number of imidazole rings is 1. The minimum atomic E-state index is -0.383. The molecule has 0 aliphatic carbocycles. The Morgan fingerprint density at radius 3 is 2.94 bits per heavy atom. The number of non-ortho nitro benzene ring substituents is 1. The molecule has 0 spiro atoms. The Hall–Kier alpha value is -1.82. The number of nitro groups is 1. The summed E-state index contributed by atoms with van der Waals surface area (Å²) >= 11 is 1.57. The van der Waals surface area contributed by atoms with Gasteiger partial charge in [-0.05, 0) is 11.8 Å². The monoisotopic (exact) mass is 249 g/mol. The summed E-state index contributed by atoms with van der Waals surface area (Å²) in [7, 11) is 0. The zero-order valence-corrected chi connectivity index (χ0v) is 10.0. The van der Waals surface area contributed by atoms with Gasteiger partial charge in [-0.25, -0.2) is 4.98 Å². The molecule has 1 N–H and O–H groups in total. The molecule has 0 aliphatic rings. The van der Waals surface area contributed by atoms with Crippen molar-refractivity contribution in [2.45, 2.75) is 11.8 Å². The molecule has 0 aliphatic heterocycles. The van der Waals surface area contributed by atoms with Crippen LogP contribution in [-0.4, -0.2) is 20.6 Å². The average Bonchev–Trinajstić information content (AvgIpc) is 2.82. The van der Waals surface area contributed by atoms with Gasteiger partial charge in [-0.15, -0.1) is 11.8 Å². The number of rotatable bonds is 4. The highest BCUT2D eigenvalue weighted by Crippen LogP contribution is 2.32. The van der Waals surface area contributed by atoms with Gasteiger partial charge in [0.15, 0.2) is 0 Å². The second kappa shape index (κ2) is 5.01. The molecule has 0 fully saturated rings. The zero-order valence-electron chi connectivity index (χ0n) is 9.21. The Kier molecular flexibility index (Phi) is 3.43. The number of nitro benzene ring substituents is 1. The number of aromatic nitrogens is 2. The molecular formula is C11H11N3O2S. The fourth-order valence-corrected chi connectivity index (χ4v) is 2.34. The van der Waals surface area contributed by atoms with Gasteiger partial charge >= 0.3 is 0 Å². The van der Waals surface area contributed by atoms with Gasteiger partial charge < -0.3 is 4.98 Å². The van der Waals surface area contributed by atoms with Crippen LogP contribution >= 0.6 is 11.8 Å². The first-order valence-electron chi connectivity index (χ1n) is 5.13. The summed E-state index contributed by atoms with van der Waals surface area (Å²) < 4.78 is 0. The quantitative estimate of drug-likeness (QED) is 0.513. The first-order valence-corrected chi connectivity index (χ1v) is 6.12. The molecule has 5 nitrogen and oxygen atoms in total. The second-order valence-electron chi connectivity index (χ2n) is 3.31. The Labute approximate surface area is 102 Å². The summed E-state index contributed by atoms with van der Waals surface area (Å²) in [5.41, 5.74) is 1.00. The van der Waals surface area contributed by atoms with E-state index in [-0.39, 0.29) is 10.6 Å². The summed E-state index contributed by atoms with van der Waals surface area (Å²) in [6, 6.07) is 4.82. The lowest BCUT2D eigenvalue weighted by atomic mass is 10.2. The largest absolute Gasteiger partial charge is 0.345 e. The maximum absolute atomic E-state index is 10.7. The van der Waals surface area contributed by atoms with E-state index in [4.69, 9.17) is 0 Å². The molecule has 0 bridgehead atoms. The molecule has 0 unspecified atom stereocenters. The molecule has 0 radical (unpaired) electrons. The van der Waals surface area contributed by atoms with Crippen molar-refractivity contribution in [2.75, 3.05) is 5.75 Å². The first-order chi connectivity index (χ1) is 8.22. The van der Waals surface area contributed by atoms with Crippen LogP contribution in [0.5, 0.6) is 0 Å². The van der Waals surface area contributed by atoms with Crippen LogP contribution in [-0.2, 0) is 0 Å². The predicted octanol–water partition coefficient (Wildman–Crippen LogP) is 3.10. The molecule has 0 saturated heterocycles. The minimum absolute atomic E-state index is 0.108. The third kappa shape index (κ3) is 2.47. The molecular weight excluding hydrogens is 238 g/mol. The van der Waals surface area contributed by atoms with Gasteiger partial charge in [0.25, 0.3) is 5.69 Å². The highest BCUT2D eigenvalue weighted by molar-refractivity contribution is 7.99. The molecule has 1 heterocycles. The maximum atomic E-state index is 10.7. The van der Waals surface area contributed by atoms with Gasteiger partial charge in [0.1, 0.15) is 5.82 Å². The number of nitrogens with zero attached hydrogens (tertiary/aromatic N) is 2. The molecule has 17 heavy (non-hydrogen) atoms. The van der Waals surface area contributed by atoms with Gasteiger partial charge in [0, 0.05) is 35.0 Å². The van der Waals surface area contributed by atoms with Gasteiger partial charge in [-0.3, -0.25) is 10.1 Å². The van der Waals surface area contributed by atoms with E-state index in [2.05, 4.69) is 9.97 Å². The van der Waals surface area contributed by atoms with Crippen LogP contribution in [0.3, 0.4) is 0 Å². The molecule has 1 aromatic carbocycles. The van der Waals surface area contributed by atoms with Gasteiger partial charge in [0.05, 0.1) is 4.92 Å². The minimum Gasteiger partial charge on any atom is -0.345 e. The standard InChI is InChI=1S/C11H11N3O2S/c1-2-17-10-7-8(14(15)16)3-4-9(10)11-12-5-6-13-11/h3-7H,2H2,1H3,(H,12,13). The van der Waals surface area contributed by atoms with E-state index in [0.29, 0.717) is 0 Å². The van der Waals surface area contributed by atoms with Crippen molar-refractivity contribution in [3.05, 3.63) is 40.7 Å². The maximum Gasteiger partial charge on any atom is 0.270 e. The summed E-state index contributed by atoms with van der Waals surface area (Å²) in [5.74, 6) is 1.59. The van der Waals surface area contributed by atoms with Crippen LogP contribution in [0.25, 0.3) is 11.4 Å². The van der Waals surface area contributed by atoms with Gasteiger partial charge in [0.2, 0.25) is 0 Å². The Bertz CT molecular complexity index is 526. The number of hydrogen-bond acceptors (Lipinski definition) is 4. The Morgan fingerprint density at radius 1 is 1.53 bits per heavy atom. The average molecular weight is 249 g/mol. The summed E-state index contributed by atoms with van der Waals surface area (Å²) in [6.45, 7) is 2.01. The van der Waals surface area contributed by atoms with Crippen LogP contribution < -0.4 is 0 Å². The molecule has 1 aromatic heterocycles. The number of H-pyrrole nitrogens is 1. The lowest BCUT2D eigenvalue weighted by Crippen LogP contribution is -1.91. The van der Waals surface area contributed by atoms with E-state index < -0.39 is 0 Å². The number of thioether (sulfide) groups is 1. The molecule has 0 saturated carbocycles. The number of benzene rings is 1. The van der Waals surface area contributed by atoms with Crippen molar-refractivity contribution < 1.29 is 4.92 Å². The van der Waals surface area contributed by atoms with Crippen molar-refractivity contribution >= 4 is 17.4 Å². The molecule has 2 aromatic rings. The molecule has 0 amide bonds. The van der Waals surface area contributed by atoms with Crippen LogP contribution in [0.4, 0.5) is 5.69 Å². The van der Waals surface area contributed by atoms with Gasteiger partial charge in [-0.1, -0.05) is 6.92 Å². The van der Waals surface area contributed by atoms with Crippen molar-refractivity contribution in [1.29, 1.82) is 0 Å². The summed E-state index contributed by atoms with van der Waals surface area (Å²) in [6.07, 6.45) is 3.40. The van der Waals surface area contributed by atoms with E-state index >= 15 is 0 Å². The van der Waals surface area contributed by atoms with Crippen LogP contribution in [0.15, 0.2) is 35.5 Å². The van der Waals surface area contributed by atoms with E-state index in [1.807, 2.05) is 6.92 Å². The number of hydrogen-bond donors (Lipinski definition) is 1. The Balaban J connectivity index is 2.48. The van der Waals surface area contributed by atoms with E-state index in [0.717, 1.165) is 22.0 Å². The van der Waals surface area contributed by atoms with Crippen molar-refractivity contribution in [3.8, 4) is 11.4 Å². The second-order valence-corrected chi connectivity index (χ2v) is 4.61. The fourth-order valence-electron chi connectivity index (χ4n) is 1.51. The van der Waals surface area contributed by atoms with Crippen LogP contribution in [0, 0.1) is 10.1 Å². The summed E-state index contributed by atoms with van der Waals surface area (Å²) in [4.78, 5) is 18.4. The highest BCUT2D eigenvalue weighted by Gasteiger charge is 2.13. The summed E-state index contributed by atoms with van der Waals surface area (Å²) in [5, 5.41) is 10.7. The smallest absolute Gasteiger partial charge is 0.270 e. The number of nitrogens with one attached hydrogen (secondary N) is 1. The third-order valence-corrected chi connectivity index (χ3v) is 3.17. The van der Waals surface area contributed by atoms with Crippen molar-refractivity contribution in [2.24, 2.45) is 0 Å². The molecule has 88 valence electrons. The van der Waals surface area contributed by atoms with E-state index in [1.165, 1.54) is 6.07 Å². The predicted molar refractivity (Wildman–Crippen MR) is 67.1 cm³/mol. The first kappa shape index (κ1) is 11.7.